The summed E-state index contributed by atoms with van der Waals surface area (Å²) in [5.74, 6) is -0.600. The lowest BCUT2D eigenvalue weighted by Gasteiger charge is -1.98. The zero-order valence-electron chi connectivity index (χ0n) is 6.69. The van der Waals surface area contributed by atoms with Crippen LogP contribution in [-0.2, 0) is 6.54 Å². The molecule has 3 N–H and O–H groups in total. The number of aliphatic hydroxyl groups excluding tert-OH is 1. The van der Waals surface area contributed by atoms with Crippen molar-refractivity contribution in [2.24, 2.45) is 5.73 Å². The molecule has 6 nitrogen and oxygen atoms in total. The van der Waals surface area contributed by atoms with E-state index in [4.69, 9.17) is 10.8 Å². The second-order valence-electron chi connectivity index (χ2n) is 2.33. The van der Waals surface area contributed by atoms with E-state index in [0.717, 1.165) is 0 Å². The van der Waals surface area contributed by atoms with Gasteiger partial charge in [-0.3, -0.25) is 4.79 Å². The van der Waals surface area contributed by atoms with Gasteiger partial charge in [-0.2, -0.15) is 0 Å². The fourth-order valence-corrected chi connectivity index (χ4v) is 0.895. The number of aromatic nitrogens is 3. The van der Waals surface area contributed by atoms with Crippen molar-refractivity contribution in [2.45, 2.75) is 13.5 Å². The number of amides is 1. The van der Waals surface area contributed by atoms with Gasteiger partial charge in [0.25, 0.3) is 5.91 Å². The van der Waals surface area contributed by atoms with Gasteiger partial charge in [0.2, 0.25) is 0 Å². The normalized spacial score (nSPS) is 10.2. The number of carbonyl (C=O) groups is 1. The number of carbonyl (C=O) groups excluding carboxylic acids is 1. The van der Waals surface area contributed by atoms with E-state index in [0.29, 0.717) is 12.2 Å². The molecule has 0 bridgehead atoms. The number of primary amides is 1. The Kier molecular flexibility index (Phi) is 2.39. The van der Waals surface area contributed by atoms with Crippen LogP contribution in [0.1, 0.15) is 16.2 Å². The standard InChI is InChI=1S/C6H10N4O2/c1-4-5(6(7)12)8-9-10(4)2-3-11/h11H,2-3H2,1H3,(H2,7,12). The summed E-state index contributed by atoms with van der Waals surface area (Å²) < 4.78 is 1.43. The van der Waals surface area contributed by atoms with Crippen molar-refractivity contribution in [1.29, 1.82) is 0 Å². The van der Waals surface area contributed by atoms with Crippen molar-refractivity contribution >= 4 is 5.91 Å². The highest BCUT2D eigenvalue weighted by atomic mass is 16.3. The maximum absolute atomic E-state index is 10.7. The molecule has 1 aromatic heterocycles. The molecule has 0 radical (unpaired) electrons. The molecule has 0 saturated carbocycles. The first-order valence-electron chi connectivity index (χ1n) is 3.47. The Morgan fingerprint density at radius 2 is 2.42 bits per heavy atom. The lowest BCUT2D eigenvalue weighted by atomic mass is 10.3. The zero-order chi connectivity index (χ0) is 9.14. The molecule has 0 aliphatic rings. The van der Waals surface area contributed by atoms with Gasteiger partial charge in [0.05, 0.1) is 18.8 Å². The van der Waals surface area contributed by atoms with Crippen molar-refractivity contribution < 1.29 is 9.90 Å². The summed E-state index contributed by atoms with van der Waals surface area (Å²) in [5.41, 5.74) is 5.74. The molecule has 1 amide bonds. The third kappa shape index (κ3) is 1.42. The van der Waals surface area contributed by atoms with Gasteiger partial charge in [0, 0.05) is 0 Å². The van der Waals surface area contributed by atoms with Crippen molar-refractivity contribution in [2.75, 3.05) is 6.61 Å². The van der Waals surface area contributed by atoms with Gasteiger partial charge < -0.3 is 10.8 Å². The zero-order valence-corrected chi connectivity index (χ0v) is 6.69. The van der Waals surface area contributed by atoms with E-state index in [1.165, 1.54) is 4.68 Å². The van der Waals surface area contributed by atoms with Crippen LogP contribution in [0.2, 0.25) is 0 Å². The summed E-state index contributed by atoms with van der Waals surface area (Å²) in [5, 5.41) is 15.8. The van der Waals surface area contributed by atoms with Crippen molar-refractivity contribution in [3.8, 4) is 0 Å². The van der Waals surface area contributed by atoms with Gasteiger partial charge in [-0.15, -0.1) is 5.10 Å². The van der Waals surface area contributed by atoms with E-state index >= 15 is 0 Å². The molecule has 0 spiro atoms. The molecule has 1 aromatic rings. The highest BCUT2D eigenvalue weighted by molar-refractivity contribution is 5.91. The minimum atomic E-state index is -0.600. The first-order chi connectivity index (χ1) is 5.66. The largest absolute Gasteiger partial charge is 0.394 e. The van der Waals surface area contributed by atoms with E-state index < -0.39 is 5.91 Å². The number of rotatable bonds is 3. The van der Waals surface area contributed by atoms with Gasteiger partial charge in [0.15, 0.2) is 5.69 Å². The van der Waals surface area contributed by atoms with Crippen LogP contribution in [0.4, 0.5) is 0 Å². The minimum Gasteiger partial charge on any atom is -0.394 e. The first-order valence-corrected chi connectivity index (χ1v) is 3.47. The SMILES string of the molecule is Cc1c(C(N)=O)nnn1CCO. The molecule has 0 atom stereocenters. The summed E-state index contributed by atoms with van der Waals surface area (Å²) in [6.07, 6.45) is 0. The van der Waals surface area contributed by atoms with Crippen LogP contribution in [0.5, 0.6) is 0 Å². The van der Waals surface area contributed by atoms with Gasteiger partial charge in [-0.25, -0.2) is 4.68 Å². The van der Waals surface area contributed by atoms with Gasteiger partial charge in [-0.05, 0) is 6.92 Å². The van der Waals surface area contributed by atoms with Crippen LogP contribution >= 0.6 is 0 Å². The smallest absolute Gasteiger partial charge is 0.271 e. The molecule has 12 heavy (non-hydrogen) atoms. The average molecular weight is 170 g/mol. The molecule has 6 heteroatoms. The Bertz CT molecular complexity index is 294. The Labute approximate surface area is 69.0 Å². The maximum Gasteiger partial charge on any atom is 0.271 e. The fraction of sp³-hybridized carbons (Fsp3) is 0.500. The topological polar surface area (TPSA) is 94.0 Å². The van der Waals surface area contributed by atoms with Crippen LogP contribution in [0, 0.1) is 6.92 Å². The van der Waals surface area contributed by atoms with Crippen LogP contribution in [0.3, 0.4) is 0 Å². The Hall–Kier alpha value is -1.43. The third-order valence-electron chi connectivity index (χ3n) is 1.53. The highest BCUT2D eigenvalue weighted by Gasteiger charge is 2.12. The van der Waals surface area contributed by atoms with Crippen molar-refractivity contribution in [3.05, 3.63) is 11.4 Å². The summed E-state index contributed by atoms with van der Waals surface area (Å²) in [6.45, 7) is 1.96. The second kappa shape index (κ2) is 3.31. The quantitative estimate of drug-likeness (QED) is 0.588. The Balaban J connectivity index is 2.96. The summed E-state index contributed by atoms with van der Waals surface area (Å²) in [7, 11) is 0. The van der Waals surface area contributed by atoms with Crippen LogP contribution in [0.15, 0.2) is 0 Å². The molecule has 0 aliphatic carbocycles. The molecule has 1 heterocycles. The van der Waals surface area contributed by atoms with E-state index in [1.54, 1.807) is 6.92 Å². The summed E-state index contributed by atoms with van der Waals surface area (Å²) >= 11 is 0. The number of hydrogen-bond acceptors (Lipinski definition) is 4. The molecule has 0 aliphatic heterocycles. The van der Waals surface area contributed by atoms with Gasteiger partial charge in [0.1, 0.15) is 0 Å². The first kappa shape index (κ1) is 8.66. The number of aliphatic hydroxyl groups is 1. The van der Waals surface area contributed by atoms with Crippen LogP contribution < -0.4 is 5.73 Å². The number of hydrogen-bond donors (Lipinski definition) is 2. The Morgan fingerprint density at radius 3 is 2.83 bits per heavy atom. The second-order valence-corrected chi connectivity index (χ2v) is 2.33. The average Bonchev–Trinajstić information content (AvgIpc) is 2.34. The van der Waals surface area contributed by atoms with E-state index in [2.05, 4.69) is 10.3 Å². The Morgan fingerprint density at radius 1 is 1.75 bits per heavy atom. The third-order valence-corrected chi connectivity index (χ3v) is 1.53. The molecule has 0 aromatic carbocycles. The number of nitrogens with two attached hydrogens (primary N) is 1. The predicted molar refractivity (Wildman–Crippen MR) is 40.4 cm³/mol. The van der Waals surface area contributed by atoms with E-state index in [9.17, 15) is 4.79 Å². The predicted octanol–water partition coefficient (Wildman–Crippen LogP) is -1.32. The van der Waals surface area contributed by atoms with Crippen molar-refractivity contribution in [1.82, 2.24) is 15.0 Å². The highest BCUT2D eigenvalue weighted by Crippen LogP contribution is 2.01. The van der Waals surface area contributed by atoms with Crippen LogP contribution in [-0.4, -0.2) is 32.6 Å². The van der Waals surface area contributed by atoms with Crippen LogP contribution in [0.25, 0.3) is 0 Å². The van der Waals surface area contributed by atoms with Gasteiger partial charge in [-0.1, -0.05) is 5.21 Å². The maximum atomic E-state index is 10.7. The van der Waals surface area contributed by atoms with E-state index in [-0.39, 0.29) is 12.3 Å². The molecule has 66 valence electrons. The minimum absolute atomic E-state index is 0.0393. The monoisotopic (exact) mass is 170 g/mol. The summed E-state index contributed by atoms with van der Waals surface area (Å²) in [6, 6.07) is 0. The molecule has 1 rings (SSSR count). The molecule has 0 saturated heterocycles. The van der Waals surface area contributed by atoms with Gasteiger partial charge >= 0.3 is 0 Å². The molecular formula is C6H10N4O2. The fourth-order valence-electron chi connectivity index (χ4n) is 0.895. The lowest BCUT2D eigenvalue weighted by Crippen LogP contribution is -2.14. The number of nitrogens with zero attached hydrogens (tertiary/aromatic N) is 3. The van der Waals surface area contributed by atoms with Crippen molar-refractivity contribution in [3.63, 3.8) is 0 Å². The molecule has 0 fully saturated rings. The molecular weight excluding hydrogens is 160 g/mol. The molecule has 0 unspecified atom stereocenters. The summed E-state index contributed by atoms with van der Waals surface area (Å²) in [4.78, 5) is 10.7. The van der Waals surface area contributed by atoms with E-state index in [1.807, 2.05) is 0 Å². The lowest BCUT2D eigenvalue weighted by molar-refractivity contribution is 0.0995.